The second kappa shape index (κ2) is 15.7. The molecule has 0 atom stereocenters. The maximum atomic E-state index is 5.41. The van der Waals surface area contributed by atoms with Crippen LogP contribution in [0.5, 0.6) is 0 Å². The van der Waals surface area contributed by atoms with Crippen LogP contribution in [0.15, 0.2) is 0 Å². The lowest BCUT2D eigenvalue weighted by Crippen LogP contribution is -1.97. The Morgan fingerprint density at radius 3 is 1.64 bits per heavy atom. The molecule has 0 bridgehead atoms. The summed E-state index contributed by atoms with van der Waals surface area (Å²) < 4.78 is 4.99. The van der Waals surface area contributed by atoms with Gasteiger partial charge in [0.05, 0.1) is 0 Å². The van der Waals surface area contributed by atoms with Crippen LogP contribution < -0.4 is 5.73 Å². The minimum absolute atomic E-state index is 0. The lowest BCUT2D eigenvalue weighted by atomic mass is 10.1. The van der Waals surface area contributed by atoms with Crippen molar-refractivity contribution in [3.8, 4) is 0 Å². The summed E-state index contributed by atoms with van der Waals surface area (Å²) in [5.74, 6) is 0. The summed E-state index contributed by atoms with van der Waals surface area (Å²) in [6.07, 6.45) is 10.6. The highest BCUT2D eigenvalue weighted by atomic mass is 35.5. The summed E-state index contributed by atoms with van der Waals surface area (Å²) >= 11 is 0. The molecule has 0 saturated carbocycles. The van der Waals surface area contributed by atoms with Crippen LogP contribution in [-0.2, 0) is 4.74 Å². The normalized spacial score (nSPS) is 9.86. The van der Waals surface area contributed by atoms with Crippen molar-refractivity contribution in [1.29, 1.82) is 0 Å². The van der Waals surface area contributed by atoms with Gasteiger partial charge in [0.15, 0.2) is 0 Å². The molecule has 0 aromatic heterocycles. The van der Waals surface area contributed by atoms with Crippen LogP contribution in [0.1, 0.15) is 51.4 Å². The molecule has 14 heavy (non-hydrogen) atoms. The Hall–Kier alpha value is 0.210. The molecule has 0 heterocycles. The molecule has 2 N–H and O–H groups in total. The number of rotatable bonds is 10. The van der Waals surface area contributed by atoms with Gasteiger partial charge in [-0.25, -0.2) is 0 Å². The molecule has 2 nitrogen and oxygen atoms in total. The zero-order chi connectivity index (χ0) is 9.78. The summed E-state index contributed by atoms with van der Waals surface area (Å²) in [5, 5.41) is 0. The van der Waals surface area contributed by atoms with E-state index in [9.17, 15) is 0 Å². The number of ether oxygens (including phenoxy) is 1. The fourth-order valence-corrected chi connectivity index (χ4v) is 1.45. The molecule has 0 saturated heterocycles. The zero-order valence-electron chi connectivity index (χ0n) is 9.46. The minimum atomic E-state index is 0. The second-order valence-corrected chi connectivity index (χ2v) is 3.61. The first-order chi connectivity index (χ1) is 6.41. The first-order valence-corrected chi connectivity index (χ1v) is 5.61. The quantitative estimate of drug-likeness (QED) is 0.578. The largest absolute Gasteiger partial charge is 0.385 e. The first-order valence-electron chi connectivity index (χ1n) is 5.61. The summed E-state index contributed by atoms with van der Waals surface area (Å²) in [7, 11) is 1.77. The number of methoxy groups -OCH3 is 1. The minimum Gasteiger partial charge on any atom is -0.385 e. The number of hydrogen-bond donors (Lipinski definition) is 1. The van der Waals surface area contributed by atoms with Crippen molar-refractivity contribution in [3.63, 3.8) is 0 Å². The van der Waals surface area contributed by atoms with E-state index in [1.165, 1.54) is 51.4 Å². The molecular formula is C11H26ClNO. The van der Waals surface area contributed by atoms with Gasteiger partial charge in [-0.3, -0.25) is 0 Å². The fourth-order valence-electron chi connectivity index (χ4n) is 1.45. The number of unbranched alkanes of at least 4 members (excludes halogenated alkanes) is 7. The molecule has 0 aliphatic heterocycles. The molecule has 88 valence electrons. The van der Waals surface area contributed by atoms with E-state index in [0.717, 1.165) is 13.2 Å². The van der Waals surface area contributed by atoms with E-state index in [1.807, 2.05) is 0 Å². The van der Waals surface area contributed by atoms with Crippen molar-refractivity contribution in [3.05, 3.63) is 0 Å². The van der Waals surface area contributed by atoms with Gasteiger partial charge in [0.25, 0.3) is 0 Å². The number of nitrogens with two attached hydrogens (primary N) is 1. The van der Waals surface area contributed by atoms with Crippen molar-refractivity contribution in [2.75, 3.05) is 20.3 Å². The molecule has 0 spiro atoms. The van der Waals surface area contributed by atoms with Crippen LogP contribution in [0.2, 0.25) is 0 Å². The van der Waals surface area contributed by atoms with Crippen molar-refractivity contribution in [2.45, 2.75) is 51.4 Å². The Bertz CT molecular complexity index is 81.4. The average molecular weight is 224 g/mol. The fraction of sp³-hybridized carbons (Fsp3) is 1.00. The van der Waals surface area contributed by atoms with Gasteiger partial charge in [0.1, 0.15) is 0 Å². The Balaban J connectivity index is 0. The van der Waals surface area contributed by atoms with E-state index < -0.39 is 0 Å². The van der Waals surface area contributed by atoms with Crippen LogP contribution in [0.4, 0.5) is 0 Å². The Kier molecular flexibility index (Phi) is 18.6. The van der Waals surface area contributed by atoms with Gasteiger partial charge in [-0.05, 0) is 19.4 Å². The number of halogens is 1. The van der Waals surface area contributed by atoms with Gasteiger partial charge < -0.3 is 10.5 Å². The van der Waals surface area contributed by atoms with E-state index in [2.05, 4.69) is 0 Å². The highest BCUT2D eigenvalue weighted by Gasteiger charge is 1.91. The first kappa shape index (κ1) is 16.6. The van der Waals surface area contributed by atoms with Gasteiger partial charge in [0, 0.05) is 13.7 Å². The third kappa shape index (κ3) is 14.7. The molecule has 0 radical (unpaired) electrons. The van der Waals surface area contributed by atoms with Gasteiger partial charge in [-0.1, -0.05) is 38.5 Å². The standard InChI is InChI=1S/C11H25NO.ClH/c1-13-11-9-7-5-3-2-4-6-8-10-12;/h2-12H2,1H3;1H. The van der Waals surface area contributed by atoms with E-state index >= 15 is 0 Å². The third-order valence-electron chi connectivity index (χ3n) is 2.30. The molecule has 0 aliphatic carbocycles. The van der Waals surface area contributed by atoms with Crippen LogP contribution in [0.3, 0.4) is 0 Å². The summed E-state index contributed by atoms with van der Waals surface area (Å²) in [6, 6.07) is 0. The van der Waals surface area contributed by atoms with Gasteiger partial charge in [-0.2, -0.15) is 0 Å². The van der Waals surface area contributed by atoms with Crippen molar-refractivity contribution in [1.82, 2.24) is 0 Å². The van der Waals surface area contributed by atoms with E-state index in [0.29, 0.717) is 0 Å². The Morgan fingerprint density at radius 2 is 1.21 bits per heavy atom. The smallest absolute Gasteiger partial charge is 0.0462 e. The summed E-state index contributed by atoms with van der Waals surface area (Å²) in [6.45, 7) is 1.78. The topological polar surface area (TPSA) is 35.2 Å². The highest BCUT2D eigenvalue weighted by Crippen LogP contribution is 2.07. The number of hydrogen-bond acceptors (Lipinski definition) is 2. The highest BCUT2D eigenvalue weighted by molar-refractivity contribution is 5.85. The molecule has 3 heteroatoms. The zero-order valence-corrected chi connectivity index (χ0v) is 10.3. The van der Waals surface area contributed by atoms with Crippen LogP contribution >= 0.6 is 12.4 Å². The predicted octanol–water partition coefficient (Wildman–Crippen LogP) is 3.13. The molecule has 0 rings (SSSR count). The van der Waals surface area contributed by atoms with Crippen LogP contribution in [-0.4, -0.2) is 20.3 Å². The van der Waals surface area contributed by atoms with Crippen molar-refractivity contribution in [2.24, 2.45) is 5.73 Å². The predicted molar refractivity (Wildman–Crippen MR) is 65.1 cm³/mol. The van der Waals surface area contributed by atoms with Crippen molar-refractivity contribution < 1.29 is 4.74 Å². The van der Waals surface area contributed by atoms with E-state index in [1.54, 1.807) is 7.11 Å². The van der Waals surface area contributed by atoms with Crippen molar-refractivity contribution >= 4 is 12.4 Å². The SMILES string of the molecule is COCCCCCCCCCCN.Cl. The van der Waals surface area contributed by atoms with Gasteiger partial charge in [-0.15, -0.1) is 12.4 Å². The van der Waals surface area contributed by atoms with E-state index in [4.69, 9.17) is 10.5 Å². The monoisotopic (exact) mass is 223 g/mol. The summed E-state index contributed by atoms with van der Waals surface area (Å²) in [5.41, 5.74) is 5.41. The van der Waals surface area contributed by atoms with Gasteiger partial charge >= 0.3 is 0 Å². The lowest BCUT2D eigenvalue weighted by molar-refractivity contribution is 0.192. The third-order valence-corrected chi connectivity index (χ3v) is 2.30. The average Bonchev–Trinajstić information content (AvgIpc) is 2.16. The van der Waals surface area contributed by atoms with Gasteiger partial charge in [0.2, 0.25) is 0 Å². The maximum Gasteiger partial charge on any atom is 0.0462 e. The molecule has 0 amide bonds. The lowest BCUT2D eigenvalue weighted by Gasteiger charge is -2.01. The van der Waals surface area contributed by atoms with Crippen LogP contribution in [0.25, 0.3) is 0 Å². The molecular weight excluding hydrogens is 198 g/mol. The maximum absolute atomic E-state index is 5.41. The molecule has 0 aliphatic rings. The Labute approximate surface area is 95.0 Å². The molecule has 0 aromatic rings. The van der Waals surface area contributed by atoms with Crippen LogP contribution in [0, 0.1) is 0 Å². The molecule has 0 fully saturated rings. The summed E-state index contributed by atoms with van der Waals surface area (Å²) in [4.78, 5) is 0. The molecule has 0 aromatic carbocycles. The molecule has 0 unspecified atom stereocenters. The second-order valence-electron chi connectivity index (χ2n) is 3.61. The van der Waals surface area contributed by atoms with E-state index in [-0.39, 0.29) is 12.4 Å². The Morgan fingerprint density at radius 1 is 0.786 bits per heavy atom.